The molecule has 1 amide bonds. The number of amides is 1. The van der Waals surface area contributed by atoms with Crippen molar-refractivity contribution in [1.82, 2.24) is 9.55 Å². The van der Waals surface area contributed by atoms with Gasteiger partial charge in [0.15, 0.2) is 5.16 Å². The maximum Gasteiger partial charge on any atom is 0.262 e. The molecule has 2 heterocycles. The first-order chi connectivity index (χ1) is 14.5. The third-order valence-electron chi connectivity index (χ3n) is 5.44. The van der Waals surface area contributed by atoms with E-state index in [1.165, 1.54) is 17.3 Å². The molecule has 1 aliphatic heterocycles. The van der Waals surface area contributed by atoms with Gasteiger partial charge in [0.25, 0.3) is 5.56 Å². The molecule has 1 aliphatic rings. The summed E-state index contributed by atoms with van der Waals surface area (Å²) in [5, 5.41) is 9.89. The molecule has 1 aromatic heterocycles. The van der Waals surface area contributed by atoms with Gasteiger partial charge in [0, 0.05) is 24.9 Å². The van der Waals surface area contributed by atoms with E-state index in [0.29, 0.717) is 29.0 Å². The number of aliphatic hydroxyl groups is 1. The van der Waals surface area contributed by atoms with Crippen LogP contribution in [0.5, 0.6) is 0 Å². The normalized spacial score (nSPS) is 16.6. The van der Waals surface area contributed by atoms with Crippen molar-refractivity contribution >= 4 is 34.3 Å². The highest BCUT2D eigenvalue weighted by atomic mass is 32.2. The summed E-state index contributed by atoms with van der Waals surface area (Å²) < 4.78 is 1.58. The third kappa shape index (κ3) is 3.75. The summed E-state index contributed by atoms with van der Waals surface area (Å²) >= 11 is 1.30. The summed E-state index contributed by atoms with van der Waals surface area (Å²) in [6.07, 6.45) is 1.29. The Hall–Kier alpha value is -2.64. The molecular formula is C23H25N3O3S. The molecule has 2 atom stereocenters. The highest BCUT2D eigenvalue weighted by molar-refractivity contribution is 8.00. The van der Waals surface area contributed by atoms with Crippen LogP contribution in [-0.4, -0.2) is 38.5 Å². The van der Waals surface area contributed by atoms with Gasteiger partial charge in [-0.1, -0.05) is 42.1 Å². The average Bonchev–Trinajstić information content (AvgIpc) is 3.08. The smallest absolute Gasteiger partial charge is 0.262 e. The second kappa shape index (κ2) is 8.62. The lowest BCUT2D eigenvalue weighted by Gasteiger charge is -2.26. The first kappa shape index (κ1) is 20.6. The van der Waals surface area contributed by atoms with E-state index >= 15 is 0 Å². The molecule has 4 rings (SSSR count). The van der Waals surface area contributed by atoms with Gasteiger partial charge in [0.2, 0.25) is 5.91 Å². The van der Waals surface area contributed by atoms with Gasteiger partial charge >= 0.3 is 0 Å². The molecule has 156 valence electrons. The zero-order valence-corrected chi connectivity index (χ0v) is 17.9. The number of fused-ring (bicyclic) bond motifs is 2. The molecule has 2 aromatic carbocycles. The first-order valence-corrected chi connectivity index (χ1v) is 11.1. The van der Waals surface area contributed by atoms with Gasteiger partial charge in [-0.15, -0.1) is 0 Å². The maximum absolute atomic E-state index is 13.3. The van der Waals surface area contributed by atoms with Crippen LogP contribution in [0.15, 0.2) is 58.5 Å². The summed E-state index contributed by atoms with van der Waals surface area (Å²) in [6, 6.07) is 15.3. The van der Waals surface area contributed by atoms with Crippen molar-refractivity contribution in [2.24, 2.45) is 0 Å². The van der Waals surface area contributed by atoms with Crippen molar-refractivity contribution in [3.05, 3.63) is 64.4 Å². The van der Waals surface area contributed by atoms with Crippen LogP contribution in [0.3, 0.4) is 0 Å². The van der Waals surface area contributed by atoms with E-state index in [9.17, 15) is 14.7 Å². The summed E-state index contributed by atoms with van der Waals surface area (Å²) in [4.78, 5) is 32.9. The molecule has 0 spiro atoms. The number of thioether (sulfide) groups is 1. The number of hydrogen-bond donors (Lipinski definition) is 1. The van der Waals surface area contributed by atoms with Gasteiger partial charge in [0.05, 0.1) is 16.2 Å². The largest absolute Gasteiger partial charge is 0.396 e. The Morgan fingerprint density at radius 1 is 1.23 bits per heavy atom. The number of benzene rings is 2. The number of aromatic nitrogens is 2. The highest BCUT2D eigenvalue weighted by Crippen LogP contribution is 2.34. The topological polar surface area (TPSA) is 75.4 Å². The summed E-state index contributed by atoms with van der Waals surface area (Å²) in [6.45, 7) is 4.26. The van der Waals surface area contributed by atoms with E-state index in [0.717, 1.165) is 12.1 Å². The van der Waals surface area contributed by atoms with Crippen molar-refractivity contribution in [3.8, 4) is 0 Å². The summed E-state index contributed by atoms with van der Waals surface area (Å²) in [7, 11) is 0. The standard InChI is InChI=1S/C23H25N3O3S/c1-15-14-17-8-3-6-11-20(17)26(15)21(28)16(2)30-23-24-19-10-5-4-9-18(19)22(29)25(23)12-7-13-27/h3-6,8-11,15-16,27H,7,12-14H2,1-2H3/t15-,16+/m0/s1. The molecule has 1 N–H and O–H groups in total. The molecule has 0 unspecified atom stereocenters. The number of nitrogens with zero attached hydrogens (tertiary/aromatic N) is 3. The van der Waals surface area contributed by atoms with Gasteiger partial charge in [-0.25, -0.2) is 4.98 Å². The number of carbonyl (C=O) groups excluding carboxylic acids is 1. The van der Waals surface area contributed by atoms with Crippen molar-refractivity contribution in [3.63, 3.8) is 0 Å². The van der Waals surface area contributed by atoms with E-state index in [-0.39, 0.29) is 24.1 Å². The van der Waals surface area contributed by atoms with E-state index in [2.05, 4.69) is 18.0 Å². The fourth-order valence-corrected chi connectivity index (χ4v) is 4.95. The monoisotopic (exact) mass is 423 g/mol. The van der Waals surface area contributed by atoms with Crippen LogP contribution in [-0.2, 0) is 17.8 Å². The Labute approximate surface area is 179 Å². The SMILES string of the molecule is C[C@@H](Sc1nc2ccccc2c(=O)n1CCCO)C(=O)N1c2ccccc2C[C@@H]1C. The lowest BCUT2D eigenvalue weighted by atomic mass is 10.1. The first-order valence-electron chi connectivity index (χ1n) is 10.2. The summed E-state index contributed by atoms with van der Waals surface area (Å²) in [5.41, 5.74) is 2.62. The molecule has 0 saturated carbocycles. The molecule has 30 heavy (non-hydrogen) atoms. The minimum atomic E-state index is -0.410. The number of para-hydroxylation sites is 2. The Morgan fingerprint density at radius 2 is 1.97 bits per heavy atom. The van der Waals surface area contributed by atoms with Crippen LogP contribution in [0, 0.1) is 0 Å². The second-order valence-electron chi connectivity index (χ2n) is 7.60. The van der Waals surface area contributed by atoms with Gasteiger partial charge in [-0.05, 0) is 50.5 Å². The van der Waals surface area contributed by atoms with Crippen molar-refractivity contribution < 1.29 is 9.90 Å². The minimum absolute atomic E-state index is 0.00793. The second-order valence-corrected chi connectivity index (χ2v) is 8.90. The highest BCUT2D eigenvalue weighted by Gasteiger charge is 2.34. The molecular weight excluding hydrogens is 398 g/mol. The lowest BCUT2D eigenvalue weighted by Crippen LogP contribution is -2.40. The number of aliphatic hydroxyl groups excluding tert-OH is 1. The Balaban J connectivity index is 1.66. The fraction of sp³-hybridized carbons (Fsp3) is 0.348. The van der Waals surface area contributed by atoms with E-state index in [1.54, 1.807) is 10.6 Å². The molecule has 3 aromatic rings. The van der Waals surface area contributed by atoms with Gasteiger partial charge in [0.1, 0.15) is 0 Å². The number of hydrogen-bond acceptors (Lipinski definition) is 5. The van der Waals surface area contributed by atoms with Crippen LogP contribution < -0.4 is 10.5 Å². The number of carbonyl (C=O) groups is 1. The van der Waals surface area contributed by atoms with Crippen LogP contribution in [0.25, 0.3) is 10.9 Å². The van der Waals surface area contributed by atoms with E-state index in [1.807, 2.05) is 48.2 Å². The van der Waals surface area contributed by atoms with Crippen molar-refractivity contribution in [2.45, 2.75) is 49.7 Å². The molecule has 0 bridgehead atoms. The Bertz CT molecular complexity index is 1140. The average molecular weight is 424 g/mol. The van der Waals surface area contributed by atoms with Crippen LogP contribution in [0.2, 0.25) is 0 Å². The molecule has 0 radical (unpaired) electrons. The Kier molecular flexibility index (Phi) is 5.92. The van der Waals surface area contributed by atoms with E-state index in [4.69, 9.17) is 0 Å². The third-order valence-corrected chi connectivity index (χ3v) is 6.52. The quantitative estimate of drug-likeness (QED) is 0.487. The lowest BCUT2D eigenvalue weighted by molar-refractivity contribution is -0.118. The van der Waals surface area contributed by atoms with Crippen LogP contribution >= 0.6 is 11.8 Å². The number of anilines is 1. The van der Waals surface area contributed by atoms with Crippen LogP contribution in [0.1, 0.15) is 25.8 Å². The predicted octanol–water partition coefficient (Wildman–Crippen LogP) is 3.24. The molecule has 0 fully saturated rings. The summed E-state index contributed by atoms with van der Waals surface area (Å²) in [5.74, 6) is 0.00793. The zero-order valence-electron chi connectivity index (χ0n) is 17.1. The van der Waals surface area contributed by atoms with Crippen LogP contribution in [0.4, 0.5) is 5.69 Å². The van der Waals surface area contributed by atoms with Crippen molar-refractivity contribution in [2.75, 3.05) is 11.5 Å². The molecule has 0 aliphatic carbocycles. The fourth-order valence-electron chi connectivity index (χ4n) is 3.97. The minimum Gasteiger partial charge on any atom is -0.396 e. The maximum atomic E-state index is 13.3. The van der Waals surface area contributed by atoms with Crippen molar-refractivity contribution in [1.29, 1.82) is 0 Å². The Morgan fingerprint density at radius 3 is 2.77 bits per heavy atom. The molecule has 0 saturated heterocycles. The molecule has 7 heteroatoms. The molecule has 6 nitrogen and oxygen atoms in total. The number of rotatable bonds is 6. The zero-order chi connectivity index (χ0) is 21.3. The van der Waals surface area contributed by atoms with Gasteiger partial charge in [-0.2, -0.15) is 0 Å². The van der Waals surface area contributed by atoms with Gasteiger partial charge < -0.3 is 10.0 Å². The van der Waals surface area contributed by atoms with Gasteiger partial charge in [-0.3, -0.25) is 14.2 Å². The van der Waals surface area contributed by atoms with E-state index < -0.39 is 5.25 Å². The predicted molar refractivity (Wildman–Crippen MR) is 120 cm³/mol.